The molecule has 1 unspecified atom stereocenters. The Bertz CT molecular complexity index is 227. The van der Waals surface area contributed by atoms with Gasteiger partial charge >= 0.3 is 0 Å². The molecule has 3 N–H and O–H groups in total. The molecule has 0 fully saturated rings. The number of hydrogen-bond donors (Lipinski definition) is 2. The average molecular weight is 152 g/mol. The van der Waals surface area contributed by atoms with Crippen LogP contribution in [0.25, 0.3) is 0 Å². The molecule has 0 spiro atoms. The Morgan fingerprint density at radius 3 is 2.91 bits per heavy atom. The second-order valence-electron chi connectivity index (χ2n) is 2.39. The molecule has 0 amide bonds. The standard InChI is InChI=1S/C7H12N4/c1-2-6(7(8)9)11-4-3-10-5-11/h3-6H,2H2,1H3,(H3,8,9). The van der Waals surface area contributed by atoms with E-state index in [9.17, 15) is 0 Å². The molecule has 0 aliphatic rings. The fraction of sp³-hybridized carbons (Fsp3) is 0.429. The number of rotatable bonds is 3. The number of nitrogens with zero attached hydrogens (tertiary/aromatic N) is 2. The third kappa shape index (κ3) is 1.58. The van der Waals surface area contributed by atoms with Gasteiger partial charge < -0.3 is 10.3 Å². The summed E-state index contributed by atoms with van der Waals surface area (Å²) in [6.07, 6.45) is 6.00. The van der Waals surface area contributed by atoms with Gasteiger partial charge in [-0.2, -0.15) is 0 Å². The number of amidine groups is 1. The Morgan fingerprint density at radius 2 is 2.55 bits per heavy atom. The molecule has 4 heteroatoms. The number of imidazole rings is 1. The van der Waals surface area contributed by atoms with Crippen LogP contribution in [-0.4, -0.2) is 15.4 Å². The minimum absolute atomic E-state index is 0.0301. The molecule has 0 radical (unpaired) electrons. The predicted octanol–water partition coefficient (Wildman–Crippen LogP) is 0.770. The highest BCUT2D eigenvalue weighted by atomic mass is 15.1. The normalized spacial score (nSPS) is 12.8. The average Bonchev–Trinajstić information content (AvgIpc) is 2.40. The highest BCUT2D eigenvalue weighted by molar-refractivity contribution is 5.81. The number of hydrogen-bond acceptors (Lipinski definition) is 2. The lowest BCUT2D eigenvalue weighted by atomic mass is 10.2. The van der Waals surface area contributed by atoms with E-state index in [1.54, 1.807) is 12.5 Å². The monoisotopic (exact) mass is 152 g/mol. The van der Waals surface area contributed by atoms with Gasteiger partial charge in [0.2, 0.25) is 0 Å². The van der Waals surface area contributed by atoms with Crippen molar-refractivity contribution in [2.24, 2.45) is 5.73 Å². The smallest absolute Gasteiger partial charge is 0.114 e. The summed E-state index contributed by atoms with van der Waals surface area (Å²) >= 11 is 0. The largest absolute Gasteiger partial charge is 0.386 e. The summed E-state index contributed by atoms with van der Waals surface area (Å²) in [6, 6.07) is -0.0301. The first-order valence-electron chi connectivity index (χ1n) is 3.57. The summed E-state index contributed by atoms with van der Waals surface area (Å²) in [5.41, 5.74) is 5.37. The number of nitrogens with two attached hydrogens (primary N) is 1. The first-order chi connectivity index (χ1) is 5.25. The topological polar surface area (TPSA) is 67.7 Å². The summed E-state index contributed by atoms with van der Waals surface area (Å²) in [5.74, 6) is 0.186. The summed E-state index contributed by atoms with van der Waals surface area (Å²) in [6.45, 7) is 1.99. The SMILES string of the molecule is CCC(C(=N)N)n1ccnc1. The van der Waals surface area contributed by atoms with E-state index in [2.05, 4.69) is 4.98 Å². The minimum atomic E-state index is -0.0301. The molecular weight excluding hydrogens is 140 g/mol. The van der Waals surface area contributed by atoms with Gasteiger partial charge in [0.25, 0.3) is 0 Å². The molecule has 1 heterocycles. The van der Waals surface area contributed by atoms with Crippen LogP contribution in [0.1, 0.15) is 19.4 Å². The maximum Gasteiger partial charge on any atom is 0.114 e. The van der Waals surface area contributed by atoms with Crippen molar-refractivity contribution < 1.29 is 0 Å². The molecule has 0 saturated carbocycles. The first-order valence-corrected chi connectivity index (χ1v) is 3.57. The highest BCUT2D eigenvalue weighted by Crippen LogP contribution is 2.08. The van der Waals surface area contributed by atoms with E-state index in [1.807, 2.05) is 17.7 Å². The quantitative estimate of drug-likeness (QED) is 0.496. The maximum absolute atomic E-state index is 7.26. The fourth-order valence-corrected chi connectivity index (χ4v) is 1.05. The summed E-state index contributed by atoms with van der Waals surface area (Å²) in [7, 11) is 0. The number of nitrogens with one attached hydrogen (secondary N) is 1. The van der Waals surface area contributed by atoms with Gasteiger partial charge in [-0.25, -0.2) is 4.98 Å². The van der Waals surface area contributed by atoms with Crippen LogP contribution in [0.4, 0.5) is 0 Å². The lowest BCUT2D eigenvalue weighted by Crippen LogP contribution is -2.24. The van der Waals surface area contributed by atoms with E-state index >= 15 is 0 Å². The fourth-order valence-electron chi connectivity index (χ4n) is 1.05. The van der Waals surface area contributed by atoms with Gasteiger partial charge in [0, 0.05) is 12.4 Å². The van der Waals surface area contributed by atoms with Crippen molar-refractivity contribution >= 4 is 5.84 Å². The zero-order valence-electron chi connectivity index (χ0n) is 6.49. The van der Waals surface area contributed by atoms with Crippen molar-refractivity contribution in [3.8, 4) is 0 Å². The van der Waals surface area contributed by atoms with Crippen molar-refractivity contribution in [2.75, 3.05) is 0 Å². The Morgan fingerprint density at radius 1 is 1.82 bits per heavy atom. The molecule has 0 aromatic carbocycles. The van der Waals surface area contributed by atoms with E-state index in [4.69, 9.17) is 11.1 Å². The van der Waals surface area contributed by atoms with Crippen molar-refractivity contribution in [3.05, 3.63) is 18.7 Å². The van der Waals surface area contributed by atoms with Crippen LogP contribution in [0.5, 0.6) is 0 Å². The highest BCUT2D eigenvalue weighted by Gasteiger charge is 2.09. The van der Waals surface area contributed by atoms with Crippen LogP contribution in [0.2, 0.25) is 0 Å². The van der Waals surface area contributed by atoms with E-state index in [0.29, 0.717) is 0 Å². The second-order valence-corrected chi connectivity index (χ2v) is 2.39. The van der Waals surface area contributed by atoms with Crippen LogP contribution in [0.3, 0.4) is 0 Å². The van der Waals surface area contributed by atoms with Crippen molar-refractivity contribution in [1.29, 1.82) is 5.41 Å². The Kier molecular flexibility index (Phi) is 2.25. The van der Waals surface area contributed by atoms with Crippen molar-refractivity contribution in [2.45, 2.75) is 19.4 Å². The maximum atomic E-state index is 7.26. The molecule has 0 saturated heterocycles. The molecule has 1 aromatic rings. The van der Waals surface area contributed by atoms with Crippen LogP contribution in [-0.2, 0) is 0 Å². The van der Waals surface area contributed by atoms with Crippen molar-refractivity contribution in [3.63, 3.8) is 0 Å². The van der Waals surface area contributed by atoms with Gasteiger partial charge in [0.1, 0.15) is 5.84 Å². The Balaban J connectivity index is 2.79. The molecule has 11 heavy (non-hydrogen) atoms. The van der Waals surface area contributed by atoms with Gasteiger partial charge in [-0.15, -0.1) is 0 Å². The van der Waals surface area contributed by atoms with Gasteiger partial charge in [-0.1, -0.05) is 6.92 Å². The molecule has 1 aromatic heterocycles. The van der Waals surface area contributed by atoms with Gasteiger partial charge in [-0.3, -0.25) is 5.41 Å². The molecule has 0 aliphatic heterocycles. The van der Waals surface area contributed by atoms with Crippen LogP contribution >= 0.6 is 0 Å². The van der Waals surface area contributed by atoms with Gasteiger partial charge in [0.05, 0.1) is 12.4 Å². The third-order valence-corrected chi connectivity index (χ3v) is 1.63. The third-order valence-electron chi connectivity index (χ3n) is 1.63. The van der Waals surface area contributed by atoms with E-state index in [-0.39, 0.29) is 11.9 Å². The molecule has 60 valence electrons. The van der Waals surface area contributed by atoms with Gasteiger partial charge in [-0.05, 0) is 6.42 Å². The molecule has 1 rings (SSSR count). The van der Waals surface area contributed by atoms with Crippen LogP contribution in [0, 0.1) is 5.41 Å². The molecule has 4 nitrogen and oxygen atoms in total. The predicted molar refractivity (Wildman–Crippen MR) is 43.5 cm³/mol. The van der Waals surface area contributed by atoms with Crippen LogP contribution < -0.4 is 5.73 Å². The summed E-state index contributed by atoms with van der Waals surface area (Å²) in [5, 5.41) is 7.26. The Hall–Kier alpha value is -1.32. The zero-order valence-corrected chi connectivity index (χ0v) is 6.49. The summed E-state index contributed by atoms with van der Waals surface area (Å²) < 4.78 is 1.84. The molecule has 0 bridgehead atoms. The van der Waals surface area contributed by atoms with E-state index in [1.165, 1.54) is 0 Å². The Labute approximate surface area is 65.6 Å². The lowest BCUT2D eigenvalue weighted by Gasteiger charge is -2.13. The van der Waals surface area contributed by atoms with E-state index < -0.39 is 0 Å². The number of aromatic nitrogens is 2. The lowest BCUT2D eigenvalue weighted by molar-refractivity contribution is 0.609. The zero-order chi connectivity index (χ0) is 8.27. The first kappa shape index (κ1) is 7.78. The van der Waals surface area contributed by atoms with Crippen LogP contribution in [0.15, 0.2) is 18.7 Å². The van der Waals surface area contributed by atoms with E-state index in [0.717, 1.165) is 6.42 Å². The summed E-state index contributed by atoms with van der Waals surface area (Å²) in [4.78, 5) is 3.88. The second kappa shape index (κ2) is 3.18. The van der Waals surface area contributed by atoms with Gasteiger partial charge in [0.15, 0.2) is 0 Å². The van der Waals surface area contributed by atoms with Crippen molar-refractivity contribution in [1.82, 2.24) is 9.55 Å². The molecular formula is C7H12N4. The molecule has 0 aliphatic carbocycles. The molecule has 1 atom stereocenters. The minimum Gasteiger partial charge on any atom is -0.386 e.